The van der Waals surface area contributed by atoms with Gasteiger partial charge in [0.15, 0.2) is 11.5 Å². The molecule has 0 radical (unpaired) electrons. The number of hydrazine groups is 1. The lowest BCUT2D eigenvalue weighted by molar-refractivity contribution is -0.164. The van der Waals surface area contributed by atoms with Crippen LogP contribution in [0.4, 0.5) is 13.2 Å². The van der Waals surface area contributed by atoms with Gasteiger partial charge in [-0.2, -0.15) is 13.2 Å². The molecule has 1 saturated heterocycles. The fourth-order valence-electron chi connectivity index (χ4n) is 4.54. The number of benzene rings is 1. The van der Waals surface area contributed by atoms with E-state index >= 15 is 0 Å². The Bertz CT molecular complexity index is 1290. The number of fused-ring (bicyclic) bond motifs is 2. The van der Waals surface area contributed by atoms with Crippen LogP contribution in [0.3, 0.4) is 0 Å². The van der Waals surface area contributed by atoms with Crippen LogP contribution in [0.5, 0.6) is 5.75 Å². The Hall–Kier alpha value is -3.24. The first-order valence-corrected chi connectivity index (χ1v) is 10.2. The molecular formula is C22H21F3N6O. The first-order chi connectivity index (χ1) is 15.4. The molecule has 4 aromatic rings. The summed E-state index contributed by atoms with van der Waals surface area (Å²) in [5, 5.41) is 10.5. The summed E-state index contributed by atoms with van der Waals surface area (Å²) >= 11 is 0. The van der Waals surface area contributed by atoms with E-state index in [-0.39, 0.29) is 11.5 Å². The molecule has 0 bridgehead atoms. The van der Waals surface area contributed by atoms with Gasteiger partial charge in [0.25, 0.3) is 0 Å². The fourth-order valence-corrected chi connectivity index (χ4v) is 4.54. The number of halogens is 3. The topological polar surface area (TPSA) is 81.6 Å². The second-order valence-corrected chi connectivity index (χ2v) is 7.86. The van der Waals surface area contributed by atoms with Crippen LogP contribution in [-0.2, 0) is 0 Å². The average molecular weight is 442 g/mol. The third-order valence-electron chi connectivity index (χ3n) is 5.99. The minimum Gasteiger partial charge on any atom is -0.494 e. The van der Waals surface area contributed by atoms with Crippen molar-refractivity contribution in [3.8, 4) is 17.3 Å². The van der Waals surface area contributed by atoms with Gasteiger partial charge < -0.3 is 4.74 Å². The highest BCUT2D eigenvalue weighted by molar-refractivity contribution is 5.86. The first-order valence-electron chi connectivity index (χ1n) is 10.2. The van der Waals surface area contributed by atoms with Crippen LogP contribution in [0, 0.1) is 0 Å². The van der Waals surface area contributed by atoms with Crippen molar-refractivity contribution in [2.24, 2.45) is 5.84 Å². The predicted octanol–water partition coefficient (Wildman–Crippen LogP) is 3.94. The quantitative estimate of drug-likeness (QED) is 0.482. The van der Waals surface area contributed by atoms with Gasteiger partial charge in [-0.1, -0.05) is 24.3 Å². The Morgan fingerprint density at radius 3 is 2.62 bits per heavy atom. The fraction of sp³-hybridized carbons (Fsp3) is 0.318. The number of para-hydroxylation sites is 1. The number of hydrogen-bond donors (Lipinski definition) is 1. The van der Waals surface area contributed by atoms with Crippen molar-refractivity contribution in [1.29, 1.82) is 0 Å². The van der Waals surface area contributed by atoms with Gasteiger partial charge in [0.2, 0.25) is 0 Å². The zero-order valence-corrected chi connectivity index (χ0v) is 17.3. The number of aromatic nitrogens is 4. The van der Waals surface area contributed by atoms with Gasteiger partial charge in [-0.25, -0.2) is 9.99 Å². The first kappa shape index (κ1) is 20.7. The van der Waals surface area contributed by atoms with E-state index in [2.05, 4.69) is 15.2 Å². The Morgan fingerprint density at radius 1 is 1.09 bits per heavy atom. The maximum atomic E-state index is 14.3. The Morgan fingerprint density at radius 2 is 1.91 bits per heavy atom. The summed E-state index contributed by atoms with van der Waals surface area (Å²) in [6.45, 7) is 0.425. The molecule has 32 heavy (non-hydrogen) atoms. The highest BCUT2D eigenvalue weighted by Gasteiger charge is 2.49. The molecule has 2 N–H and O–H groups in total. The van der Waals surface area contributed by atoms with Crippen molar-refractivity contribution in [3.05, 3.63) is 54.2 Å². The molecule has 0 spiro atoms. The van der Waals surface area contributed by atoms with E-state index in [9.17, 15) is 13.2 Å². The van der Waals surface area contributed by atoms with Gasteiger partial charge >= 0.3 is 6.18 Å². The molecule has 3 aromatic heterocycles. The van der Waals surface area contributed by atoms with Crippen molar-refractivity contribution in [2.75, 3.05) is 13.7 Å². The largest absolute Gasteiger partial charge is 0.494 e. The lowest BCUT2D eigenvalue weighted by Crippen LogP contribution is -2.45. The maximum absolute atomic E-state index is 14.3. The van der Waals surface area contributed by atoms with Crippen LogP contribution in [-0.4, -0.2) is 50.5 Å². The van der Waals surface area contributed by atoms with Gasteiger partial charge in [-0.15, -0.1) is 10.2 Å². The summed E-state index contributed by atoms with van der Waals surface area (Å²) in [7, 11) is 1.54. The summed E-state index contributed by atoms with van der Waals surface area (Å²) in [4.78, 5) is 4.65. The van der Waals surface area contributed by atoms with Crippen molar-refractivity contribution in [3.63, 3.8) is 0 Å². The number of ether oxygens (including phenoxy) is 1. The van der Waals surface area contributed by atoms with Crippen LogP contribution in [0.1, 0.15) is 24.5 Å². The number of pyridine rings is 2. The van der Waals surface area contributed by atoms with Gasteiger partial charge in [0.1, 0.15) is 22.9 Å². The molecule has 2 atom stereocenters. The molecule has 166 valence electrons. The minimum absolute atomic E-state index is 0.0410. The number of nitrogens with zero attached hydrogens (tertiary/aromatic N) is 5. The van der Waals surface area contributed by atoms with Gasteiger partial charge in [0, 0.05) is 23.7 Å². The number of hydrogen-bond acceptors (Lipinski definition) is 6. The van der Waals surface area contributed by atoms with Crippen LogP contribution in [0.2, 0.25) is 0 Å². The Labute approximate surface area is 181 Å². The molecule has 10 heteroatoms. The molecule has 0 aliphatic carbocycles. The monoisotopic (exact) mass is 442 g/mol. The predicted molar refractivity (Wildman–Crippen MR) is 113 cm³/mol. The van der Waals surface area contributed by atoms with E-state index in [0.29, 0.717) is 42.0 Å². The van der Waals surface area contributed by atoms with Gasteiger partial charge in [-0.05, 0) is 37.1 Å². The molecule has 5 rings (SSSR count). The lowest BCUT2D eigenvalue weighted by atomic mass is 9.93. The molecule has 1 aromatic carbocycles. The number of rotatable bonds is 4. The van der Waals surface area contributed by atoms with Gasteiger partial charge in [-0.3, -0.25) is 10.2 Å². The van der Waals surface area contributed by atoms with E-state index in [1.54, 1.807) is 31.4 Å². The highest BCUT2D eigenvalue weighted by atomic mass is 19.4. The van der Waals surface area contributed by atoms with E-state index in [1.165, 1.54) is 15.5 Å². The van der Waals surface area contributed by atoms with Crippen LogP contribution < -0.4 is 10.6 Å². The molecule has 7 nitrogen and oxygen atoms in total. The highest BCUT2D eigenvalue weighted by Crippen LogP contribution is 2.42. The van der Waals surface area contributed by atoms with E-state index < -0.39 is 18.1 Å². The zero-order chi connectivity index (χ0) is 22.5. The normalized spacial score (nSPS) is 18.5. The summed E-state index contributed by atoms with van der Waals surface area (Å²) in [6.07, 6.45) is -3.52. The van der Waals surface area contributed by atoms with E-state index in [0.717, 1.165) is 5.39 Å². The van der Waals surface area contributed by atoms with Crippen LogP contribution >= 0.6 is 0 Å². The second-order valence-electron chi connectivity index (χ2n) is 7.86. The molecule has 4 heterocycles. The lowest BCUT2D eigenvalue weighted by Gasteiger charge is -2.31. The van der Waals surface area contributed by atoms with Crippen molar-refractivity contribution < 1.29 is 17.9 Å². The van der Waals surface area contributed by atoms with Crippen LogP contribution in [0.25, 0.3) is 28.1 Å². The summed E-state index contributed by atoms with van der Waals surface area (Å²) in [6, 6.07) is 12.9. The Kier molecular flexibility index (Phi) is 4.98. The average Bonchev–Trinajstić information content (AvgIpc) is 3.39. The van der Waals surface area contributed by atoms with E-state index in [4.69, 9.17) is 10.6 Å². The molecule has 0 amide bonds. The molecule has 0 saturated carbocycles. The Balaban J connectivity index is 1.73. The smallest absolute Gasteiger partial charge is 0.398 e. The minimum atomic E-state index is -4.50. The van der Waals surface area contributed by atoms with Crippen molar-refractivity contribution in [1.82, 2.24) is 24.6 Å². The van der Waals surface area contributed by atoms with Gasteiger partial charge in [0.05, 0.1) is 7.11 Å². The number of nitrogens with two attached hydrogens (primary N) is 1. The summed E-state index contributed by atoms with van der Waals surface area (Å²) < 4.78 is 49.9. The van der Waals surface area contributed by atoms with Crippen molar-refractivity contribution >= 4 is 16.6 Å². The molecule has 1 aliphatic heterocycles. The third kappa shape index (κ3) is 3.35. The molecule has 1 aliphatic rings. The maximum Gasteiger partial charge on any atom is 0.398 e. The molecule has 1 fully saturated rings. The third-order valence-corrected chi connectivity index (χ3v) is 5.99. The van der Waals surface area contributed by atoms with Crippen molar-refractivity contribution in [2.45, 2.75) is 31.0 Å². The number of methoxy groups -OCH3 is 1. The summed E-state index contributed by atoms with van der Waals surface area (Å²) in [5.41, 5.74) is 1.35. The second kappa shape index (κ2) is 7.72. The molecular weight excluding hydrogens is 421 g/mol. The van der Waals surface area contributed by atoms with E-state index in [1.807, 2.05) is 18.2 Å². The van der Waals surface area contributed by atoms with Crippen LogP contribution in [0.15, 0.2) is 48.5 Å². The summed E-state index contributed by atoms with van der Waals surface area (Å²) in [5.74, 6) is 4.96. The standard InChI is InChI=1S/C22H21F3N6O/c1-32-17-8-2-5-13-10-11-14(27-20(13)17)21-29-28-18-9-3-6-16(31(18)21)19(22(23,24)25)15-7-4-12-30(15)26/h2-3,5-6,8-11,15,19H,4,7,12,26H2,1H3/t15-,19+/m0/s1. The SMILES string of the molecule is COc1cccc2ccc(-c3nnc4cccc([C@@H]([C@@H]5CCCN5N)C(F)(F)F)n34)nc12. The zero-order valence-electron chi connectivity index (χ0n) is 17.3. The number of alkyl halides is 3. The molecule has 0 unspecified atom stereocenters.